The molecule has 6 heteroatoms. The molecule has 1 amide bonds. The highest BCUT2D eigenvalue weighted by Crippen LogP contribution is 2.32. The third-order valence-corrected chi connectivity index (χ3v) is 5.20. The minimum Gasteiger partial charge on any atom is -0.481 e. The van der Waals surface area contributed by atoms with Crippen LogP contribution in [0.2, 0.25) is 0 Å². The molecule has 0 bridgehead atoms. The van der Waals surface area contributed by atoms with E-state index in [0.29, 0.717) is 17.0 Å². The lowest BCUT2D eigenvalue weighted by atomic mass is 9.84. The van der Waals surface area contributed by atoms with Crippen LogP contribution in [0.25, 0.3) is 0 Å². The average molecular weight is 335 g/mol. The molecule has 0 saturated carbocycles. The highest BCUT2D eigenvalue weighted by atomic mass is 16.5. The molecular formula is C18H25NO5. The zero-order valence-corrected chi connectivity index (χ0v) is 14.1. The van der Waals surface area contributed by atoms with E-state index in [1.807, 2.05) is 4.90 Å². The van der Waals surface area contributed by atoms with Crippen LogP contribution in [0.4, 0.5) is 0 Å². The number of aliphatic carboxylic acids is 1. The molecule has 132 valence electrons. The Bertz CT molecular complexity index is 603. The summed E-state index contributed by atoms with van der Waals surface area (Å²) >= 11 is 0. The van der Waals surface area contributed by atoms with E-state index in [-0.39, 0.29) is 24.1 Å². The van der Waals surface area contributed by atoms with Crippen LogP contribution in [-0.4, -0.2) is 47.7 Å². The largest absolute Gasteiger partial charge is 0.481 e. The van der Waals surface area contributed by atoms with Gasteiger partial charge in [-0.3, -0.25) is 9.59 Å². The highest BCUT2D eigenvalue weighted by Gasteiger charge is 2.36. The van der Waals surface area contributed by atoms with Gasteiger partial charge in [-0.2, -0.15) is 0 Å². The number of nitrogens with zero attached hydrogens (tertiary/aromatic N) is 1. The number of aryl methyl sites for hydroxylation is 1. The van der Waals surface area contributed by atoms with Crippen molar-refractivity contribution < 1.29 is 23.8 Å². The second kappa shape index (κ2) is 7.38. The average Bonchev–Trinajstić information content (AvgIpc) is 2.95. The Kier molecular flexibility index (Phi) is 5.23. The predicted molar refractivity (Wildman–Crippen MR) is 87.0 cm³/mol. The van der Waals surface area contributed by atoms with Crippen molar-refractivity contribution in [2.24, 2.45) is 5.92 Å². The number of carboxylic acid groups (broad SMARTS) is 1. The second-order valence-electron chi connectivity index (χ2n) is 6.80. The molecule has 0 aromatic carbocycles. The topological polar surface area (TPSA) is 80.0 Å². The fraction of sp³-hybridized carbons (Fsp3) is 0.667. The van der Waals surface area contributed by atoms with Gasteiger partial charge in [-0.05, 0) is 44.9 Å². The van der Waals surface area contributed by atoms with E-state index >= 15 is 0 Å². The fourth-order valence-corrected chi connectivity index (χ4v) is 4.00. The number of hydrogen-bond donors (Lipinski definition) is 1. The fourth-order valence-electron chi connectivity index (χ4n) is 4.00. The van der Waals surface area contributed by atoms with E-state index < -0.39 is 5.97 Å². The number of likely N-dealkylation sites (tertiary alicyclic amines) is 1. The molecule has 6 nitrogen and oxygen atoms in total. The smallest absolute Gasteiger partial charge is 0.311 e. The number of piperidine rings is 1. The van der Waals surface area contributed by atoms with Crippen molar-refractivity contribution >= 4 is 11.9 Å². The van der Waals surface area contributed by atoms with Gasteiger partial charge in [-0.15, -0.1) is 0 Å². The Morgan fingerprint density at radius 1 is 1.25 bits per heavy atom. The van der Waals surface area contributed by atoms with Gasteiger partial charge in [0, 0.05) is 31.4 Å². The third-order valence-electron chi connectivity index (χ3n) is 5.20. The molecule has 3 heterocycles. The summed E-state index contributed by atoms with van der Waals surface area (Å²) in [6, 6.07) is 0.224. The lowest BCUT2D eigenvalue weighted by molar-refractivity contribution is -0.136. The Labute approximate surface area is 141 Å². The standard InChI is InChI=1S/C18H25NO5/c1-12-11-24-15(10-16(20)21)17(12)18(22)19-7-3-2-4-14(19)13-5-8-23-9-6-13/h11,13-14H,2-10H2,1H3,(H,20,21). The Morgan fingerprint density at radius 3 is 2.71 bits per heavy atom. The molecule has 2 saturated heterocycles. The van der Waals surface area contributed by atoms with Crippen molar-refractivity contribution in [2.75, 3.05) is 19.8 Å². The summed E-state index contributed by atoms with van der Waals surface area (Å²) in [5, 5.41) is 9.05. The molecule has 1 aromatic rings. The first kappa shape index (κ1) is 17.0. The van der Waals surface area contributed by atoms with E-state index in [0.717, 1.165) is 51.9 Å². The molecule has 1 atom stereocenters. The van der Waals surface area contributed by atoms with E-state index in [1.165, 1.54) is 6.26 Å². The number of carbonyl (C=O) groups is 2. The number of amides is 1. The minimum absolute atomic E-state index is 0.0753. The molecule has 1 N–H and O–H groups in total. The number of ether oxygens (including phenoxy) is 1. The molecule has 2 aliphatic heterocycles. The van der Waals surface area contributed by atoms with Gasteiger partial charge in [-0.25, -0.2) is 0 Å². The van der Waals surface area contributed by atoms with Crippen LogP contribution in [0.3, 0.4) is 0 Å². The van der Waals surface area contributed by atoms with E-state index in [2.05, 4.69) is 0 Å². The molecule has 0 radical (unpaired) electrons. The van der Waals surface area contributed by atoms with E-state index in [1.54, 1.807) is 6.92 Å². The van der Waals surface area contributed by atoms with Crippen LogP contribution >= 0.6 is 0 Å². The summed E-state index contributed by atoms with van der Waals surface area (Å²) in [5.74, 6) is -0.328. The second-order valence-corrected chi connectivity index (χ2v) is 6.80. The molecule has 1 aromatic heterocycles. The highest BCUT2D eigenvalue weighted by molar-refractivity contribution is 5.97. The molecule has 0 spiro atoms. The van der Waals surface area contributed by atoms with E-state index in [9.17, 15) is 9.59 Å². The van der Waals surface area contributed by atoms with Crippen molar-refractivity contribution in [3.63, 3.8) is 0 Å². The summed E-state index contributed by atoms with van der Waals surface area (Å²) in [7, 11) is 0. The molecule has 2 fully saturated rings. The van der Waals surface area contributed by atoms with Crippen molar-refractivity contribution in [3.8, 4) is 0 Å². The van der Waals surface area contributed by atoms with Gasteiger partial charge < -0.3 is 19.2 Å². The molecule has 0 aliphatic carbocycles. The quantitative estimate of drug-likeness (QED) is 0.915. The molecule has 24 heavy (non-hydrogen) atoms. The number of rotatable bonds is 4. The van der Waals surface area contributed by atoms with Crippen LogP contribution in [0, 0.1) is 12.8 Å². The van der Waals surface area contributed by atoms with Gasteiger partial charge in [0.1, 0.15) is 12.2 Å². The normalized spacial score (nSPS) is 22.5. The Morgan fingerprint density at radius 2 is 2.00 bits per heavy atom. The Hall–Kier alpha value is -1.82. The predicted octanol–water partition coefficient (Wildman–Crippen LogP) is 2.64. The number of carbonyl (C=O) groups excluding carboxylic acids is 1. The first-order valence-electron chi connectivity index (χ1n) is 8.75. The summed E-state index contributed by atoms with van der Waals surface area (Å²) in [4.78, 5) is 26.2. The van der Waals surface area contributed by atoms with Gasteiger partial charge in [0.25, 0.3) is 5.91 Å². The lowest BCUT2D eigenvalue weighted by Crippen LogP contribution is -2.49. The zero-order valence-electron chi connectivity index (χ0n) is 14.1. The Balaban J connectivity index is 1.84. The summed E-state index contributed by atoms with van der Waals surface area (Å²) in [6.45, 7) is 4.06. The van der Waals surface area contributed by atoms with Crippen LogP contribution in [0.15, 0.2) is 10.7 Å². The monoisotopic (exact) mass is 335 g/mol. The van der Waals surface area contributed by atoms with Crippen LogP contribution in [-0.2, 0) is 16.0 Å². The molecular weight excluding hydrogens is 310 g/mol. The molecule has 1 unspecified atom stereocenters. The van der Waals surface area contributed by atoms with Gasteiger partial charge in [0.2, 0.25) is 0 Å². The van der Waals surface area contributed by atoms with Gasteiger partial charge in [0.15, 0.2) is 0 Å². The maximum Gasteiger partial charge on any atom is 0.311 e. The van der Waals surface area contributed by atoms with Crippen LogP contribution < -0.4 is 0 Å². The first-order valence-corrected chi connectivity index (χ1v) is 8.75. The van der Waals surface area contributed by atoms with Crippen molar-refractivity contribution in [2.45, 2.75) is 51.5 Å². The summed E-state index contributed by atoms with van der Waals surface area (Å²) in [6.07, 6.45) is 6.35. The number of hydrogen-bond acceptors (Lipinski definition) is 4. The van der Waals surface area contributed by atoms with E-state index in [4.69, 9.17) is 14.3 Å². The summed E-state index contributed by atoms with van der Waals surface area (Å²) < 4.78 is 10.8. The number of furan rings is 1. The van der Waals surface area contributed by atoms with Crippen LogP contribution in [0.1, 0.15) is 53.8 Å². The van der Waals surface area contributed by atoms with Crippen molar-refractivity contribution in [1.29, 1.82) is 0 Å². The SMILES string of the molecule is Cc1coc(CC(=O)O)c1C(=O)N1CCCCC1C1CCOCC1. The van der Waals surface area contributed by atoms with Crippen molar-refractivity contribution in [1.82, 2.24) is 4.90 Å². The van der Waals surface area contributed by atoms with Crippen LogP contribution in [0.5, 0.6) is 0 Å². The number of carboxylic acids is 1. The zero-order chi connectivity index (χ0) is 17.1. The summed E-state index contributed by atoms with van der Waals surface area (Å²) in [5.41, 5.74) is 1.16. The lowest BCUT2D eigenvalue weighted by Gasteiger charge is -2.42. The van der Waals surface area contributed by atoms with Gasteiger partial charge >= 0.3 is 5.97 Å². The van der Waals surface area contributed by atoms with Gasteiger partial charge in [0.05, 0.1) is 11.8 Å². The molecule has 3 rings (SSSR count). The maximum atomic E-state index is 13.2. The molecule has 2 aliphatic rings. The van der Waals surface area contributed by atoms with Gasteiger partial charge in [-0.1, -0.05) is 0 Å². The first-order chi connectivity index (χ1) is 11.6. The van der Waals surface area contributed by atoms with Crippen molar-refractivity contribution in [3.05, 3.63) is 23.2 Å². The minimum atomic E-state index is -0.988. The maximum absolute atomic E-state index is 13.2. The third kappa shape index (κ3) is 3.48.